The second-order valence-electron chi connectivity index (χ2n) is 8.56. The van der Waals surface area contributed by atoms with E-state index < -0.39 is 0 Å². The number of azide groups is 3. The normalized spacial score (nSPS) is 11.1. The Balaban J connectivity index is 1.44. The van der Waals surface area contributed by atoms with Gasteiger partial charge in [-0.1, -0.05) is 88.1 Å². The summed E-state index contributed by atoms with van der Waals surface area (Å²) in [6.07, 6.45) is 2.47. The Bertz CT molecular complexity index is 1300. The molecule has 0 amide bonds. The van der Waals surface area contributed by atoms with Crippen molar-refractivity contribution in [2.24, 2.45) is 15.3 Å². The van der Waals surface area contributed by atoms with Crippen molar-refractivity contribution < 1.29 is 14.2 Å². The summed E-state index contributed by atoms with van der Waals surface area (Å²) in [5.74, 6) is 0. The molecule has 0 saturated carbocycles. The van der Waals surface area contributed by atoms with Crippen molar-refractivity contribution in [2.75, 3.05) is 13.2 Å². The fourth-order valence-electron chi connectivity index (χ4n) is 3.63. The summed E-state index contributed by atoms with van der Waals surface area (Å²) in [5.41, 5.74) is 30.2. The van der Waals surface area contributed by atoms with Crippen molar-refractivity contribution in [1.29, 1.82) is 0 Å². The zero-order chi connectivity index (χ0) is 27.5. The van der Waals surface area contributed by atoms with Gasteiger partial charge in [0.15, 0.2) is 0 Å². The smallest absolute Gasteiger partial charge is 0.0813 e. The van der Waals surface area contributed by atoms with Crippen molar-refractivity contribution >= 4 is 17.1 Å². The second kappa shape index (κ2) is 17.1. The van der Waals surface area contributed by atoms with Crippen LogP contribution < -0.4 is 0 Å². The van der Waals surface area contributed by atoms with Crippen LogP contribution in [0.4, 0.5) is 17.1 Å². The van der Waals surface area contributed by atoms with E-state index in [0.29, 0.717) is 50.1 Å². The number of rotatable bonds is 17. The van der Waals surface area contributed by atoms with E-state index in [1.165, 1.54) is 0 Å². The highest BCUT2D eigenvalue weighted by Gasteiger charge is 2.11. The van der Waals surface area contributed by atoms with Gasteiger partial charge in [0, 0.05) is 38.4 Å². The van der Waals surface area contributed by atoms with Crippen LogP contribution in [0.25, 0.3) is 31.3 Å². The topological polar surface area (TPSA) is 174 Å². The first-order valence-electron chi connectivity index (χ1n) is 12.4. The van der Waals surface area contributed by atoms with Crippen molar-refractivity contribution in [1.82, 2.24) is 0 Å². The third-order valence-corrected chi connectivity index (χ3v) is 5.68. The highest BCUT2D eigenvalue weighted by atomic mass is 16.5. The van der Waals surface area contributed by atoms with E-state index in [1.54, 1.807) is 36.4 Å². The predicted octanol–water partition coefficient (Wildman–Crippen LogP) is 9.00. The molecule has 0 aliphatic rings. The Labute approximate surface area is 226 Å². The van der Waals surface area contributed by atoms with Gasteiger partial charge in [-0.2, -0.15) is 0 Å². The molecule has 3 aromatic carbocycles. The minimum Gasteiger partial charge on any atom is -0.377 e. The van der Waals surface area contributed by atoms with Gasteiger partial charge in [-0.25, -0.2) is 0 Å². The number of unbranched alkanes of at least 4 members (excludes halogenated alkanes) is 1. The van der Waals surface area contributed by atoms with Crippen LogP contribution in [0.1, 0.15) is 36.0 Å². The van der Waals surface area contributed by atoms with Crippen molar-refractivity contribution in [3.8, 4) is 0 Å². The zero-order valence-corrected chi connectivity index (χ0v) is 21.4. The van der Waals surface area contributed by atoms with Crippen LogP contribution in [-0.4, -0.2) is 19.3 Å². The predicted molar refractivity (Wildman–Crippen MR) is 147 cm³/mol. The van der Waals surface area contributed by atoms with Gasteiger partial charge in [-0.15, -0.1) is 0 Å². The Morgan fingerprint density at radius 1 is 0.564 bits per heavy atom. The molecule has 3 aromatic rings. The number of hydrogen-bond acceptors (Lipinski definition) is 6. The lowest BCUT2D eigenvalue weighted by atomic mass is 10.1. The molecule has 0 aliphatic carbocycles. The third-order valence-electron chi connectivity index (χ3n) is 5.68. The molecule has 39 heavy (non-hydrogen) atoms. The molecule has 0 saturated heterocycles. The Morgan fingerprint density at radius 3 is 1.46 bits per heavy atom. The van der Waals surface area contributed by atoms with Gasteiger partial charge in [-0.05, 0) is 52.5 Å². The van der Waals surface area contributed by atoms with Crippen LogP contribution in [0.5, 0.6) is 0 Å². The lowest BCUT2D eigenvalue weighted by Gasteiger charge is -2.18. The summed E-state index contributed by atoms with van der Waals surface area (Å²) in [7, 11) is 0. The maximum Gasteiger partial charge on any atom is 0.0813 e. The number of ether oxygens (including phenoxy) is 3. The van der Waals surface area contributed by atoms with Crippen molar-refractivity contribution in [3.05, 3.63) is 121 Å². The fourth-order valence-corrected chi connectivity index (χ4v) is 3.63. The molecule has 0 fully saturated rings. The van der Waals surface area contributed by atoms with Crippen LogP contribution in [0.15, 0.2) is 88.1 Å². The SMILES string of the molecule is [N-]=[N+]=Nc1ccc(COCCCCC(COCc2ccc(N=[N+]=[N-])cc2)OCc2ccc(N=[N+]=[N-])cc2)cc1. The van der Waals surface area contributed by atoms with E-state index >= 15 is 0 Å². The molecule has 0 heterocycles. The molecular weight excluding hydrogens is 498 g/mol. The molecule has 0 spiro atoms. The molecule has 0 aromatic heterocycles. The van der Waals surface area contributed by atoms with E-state index in [1.807, 2.05) is 36.4 Å². The van der Waals surface area contributed by atoms with Gasteiger partial charge >= 0.3 is 0 Å². The van der Waals surface area contributed by atoms with Crippen LogP contribution in [0.3, 0.4) is 0 Å². The monoisotopic (exact) mass is 527 g/mol. The van der Waals surface area contributed by atoms with Crippen molar-refractivity contribution in [2.45, 2.75) is 45.2 Å². The fraction of sp³-hybridized carbons (Fsp3) is 0.333. The highest BCUT2D eigenvalue weighted by molar-refractivity contribution is 5.39. The number of hydrogen-bond donors (Lipinski definition) is 0. The maximum atomic E-state index is 8.57. The quantitative estimate of drug-likeness (QED) is 0.0738. The molecule has 0 bridgehead atoms. The van der Waals surface area contributed by atoms with Crippen molar-refractivity contribution in [3.63, 3.8) is 0 Å². The molecule has 3 rings (SSSR count). The van der Waals surface area contributed by atoms with Gasteiger partial charge in [-0.3, -0.25) is 0 Å². The minimum atomic E-state index is -0.113. The largest absolute Gasteiger partial charge is 0.377 e. The molecule has 0 aliphatic heterocycles. The van der Waals surface area contributed by atoms with Crippen LogP contribution in [0, 0.1) is 0 Å². The highest BCUT2D eigenvalue weighted by Crippen LogP contribution is 2.18. The molecule has 0 N–H and O–H groups in total. The lowest BCUT2D eigenvalue weighted by molar-refractivity contribution is -0.0350. The van der Waals surface area contributed by atoms with Gasteiger partial charge < -0.3 is 14.2 Å². The number of nitrogens with zero attached hydrogens (tertiary/aromatic N) is 9. The average Bonchev–Trinajstić information content (AvgIpc) is 2.96. The standard InChI is InChI=1S/C27H29N9O3/c28-34-31-24-10-4-21(5-11-24)17-37-16-2-1-3-27(39-19-23-8-14-26(15-9-23)33-36-30)20-38-18-22-6-12-25(13-7-22)32-35-29/h4-15,27H,1-3,16-20H2. The molecule has 200 valence electrons. The molecule has 1 unspecified atom stereocenters. The molecule has 12 heteroatoms. The minimum absolute atomic E-state index is 0.113. The zero-order valence-electron chi connectivity index (χ0n) is 21.4. The average molecular weight is 528 g/mol. The van der Waals surface area contributed by atoms with E-state index in [0.717, 1.165) is 36.0 Å². The first kappa shape index (κ1) is 29.0. The Kier molecular flexibility index (Phi) is 12.7. The summed E-state index contributed by atoms with van der Waals surface area (Å²) in [4.78, 5) is 8.36. The van der Waals surface area contributed by atoms with E-state index in [9.17, 15) is 0 Å². The molecule has 1 atom stereocenters. The van der Waals surface area contributed by atoms with Gasteiger partial charge in [0.25, 0.3) is 0 Å². The first-order valence-corrected chi connectivity index (χ1v) is 12.4. The maximum absolute atomic E-state index is 8.57. The molecular formula is C27H29N9O3. The van der Waals surface area contributed by atoms with Crippen LogP contribution in [0.2, 0.25) is 0 Å². The number of benzene rings is 3. The third kappa shape index (κ3) is 11.2. The van der Waals surface area contributed by atoms with E-state index in [2.05, 4.69) is 30.1 Å². The molecule has 0 radical (unpaired) electrons. The van der Waals surface area contributed by atoms with Gasteiger partial charge in [0.1, 0.15) is 0 Å². The van der Waals surface area contributed by atoms with E-state index in [4.69, 9.17) is 30.8 Å². The summed E-state index contributed by atoms with van der Waals surface area (Å²) in [6, 6.07) is 21.8. The summed E-state index contributed by atoms with van der Waals surface area (Å²) in [6.45, 7) is 2.36. The van der Waals surface area contributed by atoms with Crippen LogP contribution >= 0.6 is 0 Å². The van der Waals surface area contributed by atoms with Crippen LogP contribution in [-0.2, 0) is 34.0 Å². The summed E-state index contributed by atoms with van der Waals surface area (Å²) >= 11 is 0. The summed E-state index contributed by atoms with van der Waals surface area (Å²) < 4.78 is 17.9. The Morgan fingerprint density at radius 2 is 1.00 bits per heavy atom. The lowest BCUT2D eigenvalue weighted by Crippen LogP contribution is -2.20. The first-order chi connectivity index (χ1) is 19.2. The Hall–Kier alpha value is -4.53. The van der Waals surface area contributed by atoms with E-state index in [-0.39, 0.29) is 6.10 Å². The second-order valence-corrected chi connectivity index (χ2v) is 8.56. The van der Waals surface area contributed by atoms with Gasteiger partial charge in [0.2, 0.25) is 0 Å². The summed E-state index contributed by atoms with van der Waals surface area (Å²) in [5, 5.41) is 10.7. The molecule has 12 nitrogen and oxygen atoms in total. The van der Waals surface area contributed by atoms with Gasteiger partial charge in [0.05, 0.1) is 32.5 Å².